The third kappa shape index (κ3) is 6.70. The molecule has 1 aromatic heterocycles. The lowest BCUT2D eigenvalue weighted by Crippen LogP contribution is -2.26. The maximum Gasteiger partial charge on any atom is 0.340 e. The van der Waals surface area contributed by atoms with Crippen molar-refractivity contribution in [2.75, 3.05) is 37.3 Å². The highest BCUT2D eigenvalue weighted by molar-refractivity contribution is 7.92. The fourth-order valence-electron chi connectivity index (χ4n) is 3.49. The summed E-state index contributed by atoms with van der Waals surface area (Å²) in [6, 6.07) is 12.1. The normalized spacial score (nSPS) is 12.5. The van der Waals surface area contributed by atoms with Crippen LogP contribution in [0.2, 0.25) is 0 Å². The van der Waals surface area contributed by atoms with Crippen molar-refractivity contribution in [1.29, 1.82) is 0 Å². The van der Waals surface area contributed by atoms with E-state index in [0.29, 0.717) is 42.3 Å². The van der Waals surface area contributed by atoms with Gasteiger partial charge in [-0.25, -0.2) is 13.2 Å². The number of fused-ring (bicyclic) bond motifs is 1. The van der Waals surface area contributed by atoms with E-state index in [1.54, 1.807) is 37.3 Å². The Morgan fingerprint density at radius 3 is 2.73 bits per heavy atom. The average Bonchev–Trinajstić information content (AvgIpc) is 3.07. The molecule has 3 aromatic rings. The lowest BCUT2D eigenvalue weighted by molar-refractivity contribution is 0.0528. The summed E-state index contributed by atoms with van der Waals surface area (Å²) < 4.78 is 36.0. The second-order valence-electron chi connectivity index (χ2n) is 7.62. The molecule has 0 aliphatic heterocycles. The number of esters is 1. The molecular weight excluding hydrogens is 446 g/mol. The largest absolute Gasteiger partial charge is 0.492 e. The zero-order valence-electron chi connectivity index (χ0n) is 18.8. The minimum Gasteiger partial charge on any atom is -0.492 e. The summed E-state index contributed by atoms with van der Waals surface area (Å²) in [4.78, 5) is 15.4. The van der Waals surface area contributed by atoms with Crippen molar-refractivity contribution in [3.8, 4) is 5.75 Å². The minimum atomic E-state index is -3.38. The number of rotatable bonds is 11. The van der Waals surface area contributed by atoms with E-state index in [1.807, 2.05) is 19.1 Å². The van der Waals surface area contributed by atoms with Crippen LogP contribution in [-0.2, 0) is 14.8 Å². The Hall–Kier alpha value is -3.08. The molecule has 1 atom stereocenters. The van der Waals surface area contributed by atoms with Crippen LogP contribution in [0.3, 0.4) is 0 Å². The standard InChI is InChI=1S/C23H29N3O6S/c1-4-31-23(28)22-15(2)25-20-13-18(8-9-19(20)22)32-11-10-24-14-21(27)16-6-5-7-17(12-16)26-33(3,29)30/h5-9,12-13,21,24-27H,4,10-11,14H2,1-3H3/t21-/m0/s1. The van der Waals surface area contributed by atoms with Crippen molar-refractivity contribution >= 4 is 32.6 Å². The first-order chi connectivity index (χ1) is 15.7. The number of benzene rings is 2. The number of aromatic nitrogens is 1. The quantitative estimate of drug-likeness (QED) is 0.248. The molecule has 0 aliphatic carbocycles. The molecule has 10 heteroatoms. The van der Waals surface area contributed by atoms with Crippen LogP contribution in [0.1, 0.15) is 34.6 Å². The summed E-state index contributed by atoms with van der Waals surface area (Å²) in [6.45, 7) is 5.07. The van der Waals surface area contributed by atoms with Gasteiger partial charge in [0.25, 0.3) is 0 Å². The van der Waals surface area contributed by atoms with Crippen molar-refractivity contribution in [2.24, 2.45) is 0 Å². The van der Waals surface area contributed by atoms with Gasteiger partial charge in [0.05, 0.1) is 30.0 Å². The monoisotopic (exact) mass is 475 g/mol. The zero-order valence-corrected chi connectivity index (χ0v) is 19.7. The van der Waals surface area contributed by atoms with Crippen LogP contribution in [0.15, 0.2) is 42.5 Å². The molecule has 9 nitrogen and oxygen atoms in total. The second-order valence-corrected chi connectivity index (χ2v) is 9.37. The minimum absolute atomic E-state index is 0.281. The SMILES string of the molecule is CCOC(=O)c1c(C)[nH]c2cc(OCCNC[C@H](O)c3cccc(NS(C)(=O)=O)c3)ccc12. The summed E-state index contributed by atoms with van der Waals surface area (Å²) in [5.41, 5.74) is 3.07. The molecule has 33 heavy (non-hydrogen) atoms. The van der Waals surface area contributed by atoms with Gasteiger partial charge in [0.15, 0.2) is 0 Å². The lowest BCUT2D eigenvalue weighted by atomic mass is 10.1. The highest BCUT2D eigenvalue weighted by Crippen LogP contribution is 2.26. The number of aryl methyl sites for hydroxylation is 1. The van der Waals surface area contributed by atoms with Crippen molar-refractivity contribution in [1.82, 2.24) is 10.3 Å². The van der Waals surface area contributed by atoms with Gasteiger partial charge in [-0.05, 0) is 43.7 Å². The van der Waals surface area contributed by atoms with Gasteiger partial charge < -0.3 is 24.9 Å². The van der Waals surface area contributed by atoms with Crippen molar-refractivity contribution < 1.29 is 27.8 Å². The molecule has 0 radical (unpaired) electrons. The molecule has 0 unspecified atom stereocenters. The predicted molar refractivity (Wildman–Crippen MR) is 127 cm³/mol. The first-order valence-corrected chi connectivity index (χ1v) is 12.5. The van der Waals surface area contributed by atoms with E-state index in [1.165, 1.54) is 0 Å². The fourth-order valence-corrected chi connectivity index (χ4v) is 4.04. The molecule has 3 rings (SSSR count). The highest BCUT2D eigenvalue weighted by atomic mass is 32.2. The Morgan fingerprint density at radius 2 is 2.00 bits per heavy atom. The highest BCUT2D eigenvalue weighted by Gasteiger charge is 2.17. The molecule has 1 heterocycles. The Morgan fingerprint density at radius 1 is 1.21 bits per heavy atom. The first-order valence-electron chi connectivity index (χ1n) is 10.6. The number of H-pyrrole nitrogens is 1. The molecule has 0 saturated heterocycles. The van der Waals surface area contributed by atoms with Crippen molar-refractivity contribution in [3.05, 3.63) is 59.3 Å². The maximum absolute atomic E-state index is 12.2. The summed E-state index contributed by atoms with van der Waals surface area (Å²) in [5, 5.41) is 14.3. The average molecular weight is 476 g/mol. The number of aliphatic hydroxyl groups is 1. The van der Waals surface area contributed by atoms with Crippen LogP contribution < -0.4 is 14.8 Å². The number of carbonyl (C=O) groups is 1. The van der Waals surface area contributed by atoms with E-state index in [9.17, 15) is 18.3 Å². The van der Waals surface area contributed by atoms with Gasteiger partial charge >= 0.3 is 5.97 Å². The number of aromatic amines is 1. The van der Waals surface area contributed by atoms with E-state index < -0.39 is 16.1 Å². The predicted octanol–water partition coefficient (Wildman–Crippen LogP) is 2.73. The van der Waals surface area contributed by atoms with Gasteiger partial charge in [0.2, 0.25) is 10.0 Å². The van der Waals surface area contributed by atoms with Crippen LogP contribution in [0, 0.1) is 6.92 Å². The van der Waals surface area contributed by atoms with Crippen LogP contribution in [0.4, 0.5) is 5.69 Å². The molecule has 0 bridgehead atoms. The summed E-state index contributed by atoms with van der Waals surface area (Å²) >= 11 is 0. The Labute approximate surface area is 193 Å². The third-order valence-electron chi connectivity index (χ3n) is 4.90. The molecule has 4 N–H and O–H groups in total. The van der Waals surface area contributed by atoms with Crippen molar-refractivity contribution in [2.45, 2.75) is 20.0 Å². The molecule has 0 aliphatic rings. The number of ether oxygens (including phenoxy) is 2. The molecule has 0 fully saturated rings. The summed E-state index contributed by atoms with van der Waals surface area (Å²) in [5.74, 6) is 0.302. The lowest BCUT2D eigenvalue weighted by Gasteiger charge is -2.14. The summed E-state index contributed by atoms with van der Waals surface area (Å²) in [6.07, 6.45) is 0.275. The Kier molecular flexibility index (Phi) is 7.96. The number of sulfonamides is 1. The molecular formula is C23H29N3O6S. The van der Waals surface area contributed by atoms with Crippen LogP contribution in [0.5, 0.6) is 5.75 Å². The van der Waals surface area contributed by atoms with E-state index in [0.717, 1.165) is 22.9 Å². The fraction of sp³-hybridized carbons (Fsp3) is 0.348. The maximum atomic E-state index is 12.2. The number of aliphatic hydroxyl groups excluding tert-OH is 1. The van der Waals surface area contributed by atoms with Gasteiger partial charge in [-0.2, -0.15) is 0 Å². The van der Waals surface area contributed by atoms with Gasteiger partial charge in [0.1, 0.15) is 12.4 Å². The molecule has 0 saturated carbocycles. The number of hydrogen-bond acceptors (Lipinski definition) is 7. The van der Waals surface area contributed by atoms with E-state index in [2.05, 4.69) is 15.0 Å². The van der Waals surface area contributed by atoms with Gasteiger partial charge in [-0.1, -0.05) is 12.1 Å². The van der Waals surface area contributed by atoms with Gasteiger partial charge in [0, 0.05) is 35.9 Å². The van der Waals surface area contributed by atoms with E-state index >= 15 is 0 Å². The molecule has 2 aromatic carbocycles. The zero-order chi connectivity index (χ0) is 24.0. The smallest absolute Gasteiger partial charge is 0.340 e. The first kappa shape index (κ1) is 24.6. The van der Waals surface area contributed by atoms with Gasteiger partial charge in [-0.15, -0.1) is 0 Å². The Bertz CT molecular complexity index is 1220. The molecule has 0 spiro atoms. The van der Waals surface area contributed by atoms with E-state index in [4.69, 9.17) is 9.47 Å². The van der Waals surface area contributed by atoms with Crippen LogP contribution in [0.25, 0.3) is 10.9 Å². The van der Waals surface area contributed by atoms with Crippen LogP contribution >= 0.6 is 0 Å². The number of hydrogen-bond donors (Lipinski definition) is 4. The van der Waals surface area contributed by atoms with E-state index in [-0.39, 0.29) is 12.5 Å². The van der Waals surface area contributed by atoms with Crippen molar-refractivity contribution in [3.63, 3.8) is 0 Å². The van der Waals surface area contributed by atoms with Crippen LogP contribution in [-0.4, -0.2) is 57.0 Å². The topological polar surface area (TPSA) is 130 Å². The summed E-state index contributed by atoms with van der Waals surface area (Å²) in [7, 11) is -3.38. The number of nitrogens with one attached hydrogen (secondary N) is 3. The number of anilines is 1. The number of carbonyl (C=O) groups excluding carboxylic acids is 1. The molecule has 178 valence electrons. The van der Waals surface area contributed by atoms with Gasteiger partial charge in [-0.3, -0.25) is 4.72 Å². The Balaban J connectivity index is 1.50. The third-order valence-corrected chi connectivity index (χ3v) is 5.50. The molecule has 0 amide bonds. The second kappa shape index (κ2) is 10.7.